The van der Waals surface area contributed by atoms with Crippen LogP contribution in [0.5, 0.6) is 0 Å². The third-order valence-corrected chi connectivity index (χ3v) is 5.88. The van der Waals surface area contributed by atoms with Gasteiger partial charge in [-0.05, 0) is 60.6 Å². The molecule has 2 aromatic rings. The van der Waals surface area contributed by atoms with Gasteiger partial charge in [-0.25, -0.2) is 4.39 Å². The Morgan fingerprint density at radius 3 is 2.59 bits per heavy atom. The minimum Gasteiger partial charge on any atom is -0.411 e. The average Bonchev–Trinajstić information content (AvgIpc) is 3.11. The highest BCUT2D eigenvalue weighted by Gasteiger charge is 2.29. The maximum Gasteiger partial charge on any atom is 0.123 e. The minimum atomic E-state index is -0.168. The van der Waals surface area contributed by atoms with Crippen LogP contribution in [0.4, 0.5) is 10.1 Å². The number of nitrogens with zero attached hydrogens (tertiary/aromatic N) is 3. The van der Waals surface area contributed by atoms with Crippen LogP contribution in [0.25, 0.3) is 0 Å². The quantitative estimate of drug-likeness (QED) is 0.498. The van der Waals surface area contributed by atoms with Crippen molar-refractivity contribution in [3.8, 4) is 0 Å². The number of oxime groups is 1. The lowest BCUT2D eigenvalue weighted by Gasteiger charge is -2.38. The average molecular weight is 367 g/mol. The molecule has 4 rings (SSSR count). The normalized spacial score (nSPS) is 18.3. The molecular weight excluding hydrogens is 341 g/mol. The molecule has 0 amide bonds. The van der Waals surface area contributed by atoms with Gasteiger partial charge in [0.25, 0.3) is 0 Å². The summed E-state index contributed by atoms with van der Waals surface area (Å²) >= 11 is 0. The maximum absolute atomic E-state index is 13.0. The Balaban J connectivity index is 1.32. The van der Waals surface area contributed by atoms with Crippen molar-refractivity contribution in [2.24, 2.45) is 5.16 Å². The molecule has 5 heteroatoms. The highest BCUT2D eigenvalue weighted by atomic mass is 19.1. The molecule has 2 aromatic carbocycles. The molecular formula is C22H26FN3O. The summed E-state index contributed by atoms with van der Waals surface area (Å²) in [7, 11) is 0. The number of hydrogen-bond donors (Lipinski definition) is 1. The van der Waals surface area contributed by atoms with Crippen molar-refractivity contribution >= 4 is 11.9 Å². The Labute approximate surface area is 159 Å². The van der Waals surface area contributed by atoms with Crippen LogP contribution in [0.15, 0.2) is 47.6 Å². The number of benzene rings is 2. The molecule has 0 bridgehead atoms. The second kappa shape index (κ2) is 8.09. The molecule has 2 aliphatic rings. The SMILES string of the molecule is ON=Cc1ccc2c(c1)N(C1CCN(CCc3ccc(F)cc3)CC1)CC2. The fourth-order valence-electron chi connectivity index (χ4n) is 4.34. The van der Waals surface area contributed by atoms with E-state index in [4.69, 9.17) is 5.21 Å². The molecule has 0 unspecified atom stereocenters. The standard InChI is InChI=1S/C22H26FN3O/c23-20-5-2-17(3-6-20)7-11-25-12-9-21(10-13-25)26-14-8-19-4-1-18(16-24-27)15-22(19)26/h1-6,15-16,21,27H,7-14H2. The molecule has 27 heavy (non-hydrogen) atoms. The van der Waals surface area contributed by atoms with Gasteiger partial charge < -0.3 is 15.0 Å². The Morgan fingerprint density at radius 2 is 1.85 bits per heavy atom. The first-order valence-corrected chi connectivity index (χ1v) is 9.77. The van der Waals surface area contributed by atoms with E-state index in [1.807, 2.05) is 18.2 Å². The number of anilines is 1. The predicted molar refractivity (Wildman–Crippen MR) is 106 cm³/mol. The smallest absolute Gasteiger partial charge is 0.123 e. The monoisotopic (exact) mass is 367 g/mol. The van der Waals surface area contributed by atoms with Gasteiger partial charge in [-0.2, -0.15) is 0 Å². The van der Waals surface area contributed by atoms with E-state index in [2.05, 4.69) is 27.1 Å². The zero-order valence-electron chi connectivity index (χ0n) is 15.5. The van der Waals surface area contributed by atoms with Gasteiger partial charge in [0.1, 0.15) is 5.82 Å². The molecule has 2 heterocycles. The summed E-state index contributed by atoms with van der Waals surface area (Å²) in [6.45, 7) is 4.33. The van der Waals surface area contributed by atoms with E-state index < -0.39 is 0 Å². The number of piperidine rings is 1. The van der Waals surface area contributed by atoms with Gasteiger partial charge in [0.2, 0.25) is 0 Å². The Bertz CT molecular complexity index is 798. The lowest BCUT2D eigenvalue weighted by molar-refractivity contribution is 0.212. The first-order valence-electron chi connectivity index (χ1n) is 9.77. The summed E-state index contributed by atoms with van der Waals surface area (Å²) in [5, 5.41) is 11.9. The molecule has 0 atom stereocenters. The van der Waals surface area contributed by atoms with Crippen molar-refractivity contribution in [3.63, 3.8) is 0 Å². The van der Waals surface area contributed by atoms with Crippen LogP contribution in [0.1, 0.15) is 29.5 Å². The minimum absolute atomic E-state index is 0.168. The molecule has 4 nitrogen and oxygen atoms in total. The van der Waals surface area contributed by atoms with E-state index in [1.165, 1.54) is 35.9 Å². The number of halogens is 1. The van der Waals surface area contributed by atoms with Crippen LogP contribution in [-0.2, 0) is 12.8 Å². The van der Waals surface area contributed by atoms with Gasteiger partial charge in [-0.15, -0.1) is 0 Å². The van der Waals surface area contributed by atoms with Gasteiger partial charge in [0, 0.05) is 37.9 Å². The molecule has 0 aliphatic carbocycles. The van der Waals surface area contributed by atoms with Crippen LogP contribution in [-0.4, -0.2) is 48.5 Å². The number of likely N-dealkylation sites (tertiary alicyclic amines) is 1. The molecule has 142 valence electrons. The van der Waals surface area contributed by atoms with Crippen molar-refractivity contribution in [3.05, 3.63) is 65.0 Å². The molecule has 1 fully saturated rings. The molecule has 0 saturated carbocycles. The molecule has 0 radical (unpaired) electrons. The van der Waals surface area contributed by atoms with E-state index in [0.717, 1.165) is 44.6 Å². The molecule has 0 aromatic heterocycles. The van der Waals surface area contributed by atoms with Crippen molar-refractivity contribution in [2.75, 3.05) is 31.1 Å². The van der Waals surface area contributed by atoms with Gasteiger partial charge in [-0.1, -0.05) is 29.4 Å². The summed E-state index contributed by atoms with van der Waals surface area (Å²) < 4.78 is 13.0. The van der Waals surface area contributed by atoms with Crippen LogP contribution in [0.3, 0.4) is 0 Å². The third-order valence-electron chi connectivity index (χ3n) is 5.88. The molecule has 1 saturated heterocycles. The lowest BCUT2D eigenvalue weighted by atomic mass is 10.0. The summed E-state index contributed by atoms with van der Waals surface area (Å²) in [4.78, 5) is 5.06. The third kappa shape index (κ3) is 4.14. The van der Waals surface area contributed by atoms with Crippen molar-refractivity contribution in [2.45, 2.75) is 31.7 Å². The van der Waals surface area contributed by atoms with E-state index in [0.29, 0.717) is 6.04 Å². The largest absolute Gasteiger partial charge is 0.411 e. The fraction of sp³-hybridized carbons (Fsp3) is 0.409. The summed E-state index contributed by atoms with van der Waals surface area (Å²) in [6.07, 6.45) is 5.90. The highest BCUT2D eigenvalue weighted by molar-refractivity contribution is 5.82. The van der Waals surface area contributed by atoms with E-state index in [1.54, 1.807) is 12.1 Å². The Morgan fingerprint density at radius 1 is 1.07 bits per heavy atom. The zero-order chi connectivity index (χ0) is 18.6. The Kier molecular flexibility index (Phi) is 5.39. The Hall–Kier alpha value is -2.40. The summed E-state index contributed by atoms with van der Waals surface area (Å²) in [5.41, 5.74) is 4.84. The zero-order valence-corrected chi connectivity index (χ0v) is 15.5. The van der Waals surface area contributed by atoms with Crippen molar-refractivity contribution in [1.29, 1.82) is 0 Å². The van der Waals surface area contributed by atoms with Crippen LogP contribution < -0.4 is 4.90 Å². The van der Waals surface area contributed by atoms with E-state index in [9.17, 15) is 4.39 Å². The van der Waals surface area contributed by atoms with E-state index >= 15 is 0 Å². The summed E-state index contributed by atoms with van der Waals surface area (Å²) in [6, 6.07) is 13.7. The second-order valence-electron chi connectivity index (χ2n) is 7.53. The maximum atomic E-state index is 13.0. The van der Waals surface area contributed by atoms with Crippen LogP contribution in [0, 0.1) is 5.82 Å². The van der Waals surface area contributed by atoms with Crippen molar-refractivity contribution < 1.29 is 9.60 Å². The number of rotatable bonds is 5. The topological polar surface area (TPSA) is 39.1 Å². The first-order chi connectivity index (χ1) is 13.2. The number of hydrogen-bond acceptors (Lipinski definition) is 4. The second-order valence-corrected chi connectivity index (χ2v) is 7.53. The van der Waals surface area contributed by atoms with Gasteiger partial charge in [0.15, 0.2) is 0 Å². The summed E-state index contributed by atoms with van der Waals surface area (Å²) in [5.74, 6) is -0.168. The van der Waals surface area contributed by atoms with E-state index in [-0.39, 0.29) is 5.82 Å². The predicted octanol–water partition coefficient (Wildman–Crippen LogP) is 3.70. The first kappa shape index (κ1) is 18.0. The molecule has 1 N–H and O–H groups in total. The molecule has 2 aliphatic heterocycles. The lowest BCUT2D eigenvalue weighted by Crippen LogP contribution is -2.45. The fourth-order valence-corrected chi connectivity index (χ4v) is 4.34. The number of fused-ring (bicyclic) bond motifs is 1. The van der Waals surface area contributed by atoms with Gasteiger partial charge in [0.05, 0.1) is 6.21 Å². The molecule has 0 spiro atoms. The van der Waals surface area contributed by atoms with Crippen LogP contribution >= 0.6 is 0 Å². The van der Waals surface area contributed by atoms with Gasteiger partial charge >= 0.3 is 0 Å². The van der Waals surface area contributed by atoms with Gasteiger partial charge in [-0.3, -0.25) is 0 Å². The highest BCUT2D eigenvalue weighted by Crippen LogP contribution is 2.33. The van der Waals surface area contributed by atoms with Crippen molar-refractivity contribution in [1.82, 2.24) is 4.90 Å². The van der Waals surface area contributed by atoms with Crippen LogP contribution in [0.2, 0.25) is 0 Å².